The molecule has 5 heteroatoms. The Morgan fingerprint density at radius 2 is 1.90 bits per heavy atom. The first-order valence-electron chi connectivity index (χ1n) is 6.15. The van der Waals surface area contributed by atoms with E-state index in [0.29, 0.717) is 4.53 Å². The van der Waals surface area contributed by atoms with E-state index in [1.165, 1.54) is 11.3 Å². The molecule has 4 aromatic rings. The first-order valence-corrected chi connectivity index (χ1v) is 6.96. The van der Waals surface area contributed by atoms with E-state index in [4.69, 9.17) is 0 Å². The monoisotopic (exact) mass is 279 g/mol. The van der Waals surface area contributed by atoms with Crippen LogP contribution in [0.25, 0.3) is 22.1 Å². The second-order valence-electron chi connectivity index (χ2n) is 4.41. The van der Waals surface area contributed by atoms with Gasteiger partial charge < -0.3 is 0 Å². The number of para-hydroxylation sites is 2. The van der Waals surface area contributed by atoms with Gasteiger partial charge in [-0.25, -0.2) is 9.38 Å². The molecule has 0 radical (unpaired) electrons. The molecule has 96 valence electrons. The largest absolute Gasteiger partial charge is 0.274 e. The highest BCUT2D eigenvalue weighted by atomic mass is 32.1. The number of hydrogen-bond acceptors (Lipinski definition) is 4. The van der Waals surface area contributed by atoms with E-state index >= 15 is 0 Å². The molecule has 4 rings (SSSR count). The zero-order chi connectivity index (χ0) is 13.5. The standard InChI is InChI=1S/C15H9N3OS/c19-14-13(9-10-5-7-16-8-6-10)20-15-17-11-3-1-2-4-12(11)18(14)15/h1-9H/b13-9-. The van der Waals surface area contributed by atoms with Gasteiger partial charge in [0.25, 0.3) is 5.56 Å². The molecule has 0 amide bonds. The Hall–Kier alpha value is -2.53. The molecule has 0 atom stereocenters. The lowest BCUT2D eigenvalue weighted by Gasteiger charge is -1.88. The molecule has 0 aliphatic carbocycles. The Balaban J connectivity index is 2.06. The Morgan fingerprint density at radius 3 is 2.75 bits per heavy atom. The summed E-state index contributed by atoms with van der Waals surface area (Å²) < 4.78 is 2.36. The molecule has 20 heavy (non-hydrogen) atoms. The Labute approximate surface area is 117 Å². The number of thiazole rings is 1. The quantitative estimate of drug-likeness (QED) is 0.534. The van der Waals surface area contributed by atoms with Gasteiger partial charge in [-0.1, -0.05) is 23.5 Å². The van der Waals surface area contributed by atoms with Crippen LogP contribution in [0.15, 0.2) is 53.6 Å². The summed E-state index contributed by atoms with van der Waals surface area (Å²) in [5.41, 5.74) is 2.66. The Kier molecular flexibility index (Phi) is 2.40. The third kappa shape index (κ3) is 1.64. The van der Waals surface area contributed by atoms with Gasteiger partial charge in [-0.15, -0.1) is 0 Å². The first-order chi connectivity index (χ1) is 9.83. The molecule has 3 heterocycles. The molecule has 0 spiro atoms. The molecule has 0 bridgehead atoms. The van der Waals surface area contributed by atoms with Crippen LogP contribution in [0.5, 0.6) is 0 Å². The summed E-state index contributed by atoms with van der Waals surface area (Å²) in [7, 11) is 0. The maximum absolute atomic E-state index is 12.5. The minimum atomic E-state index is -0.0180. The summed E-state index contributed by atoms with van der Waals surface area (Å²) in [6.45, 7) is 0. The van der Waals surface area contributed by atoms with Crippen LogP contribution in [-0.4, -0.2) is 14.4 Å². The highest BCUT2D eigenvalue weighted by Crippen LogP contribution is 2.15. The van der Waals surface area contributed by atoms with Gasteiger partial charge in [0, 0.05) is 12.4 Å². The maximum atomic E-state index is 12.5. The highest BCUT2D eigenvalue weighted by molar-refractivity contribution is 7.15. The van der Waals surface area contributed by atoms with Crippen molar-refractivity contribution in [3.8, 4) is 0 Å². The van der Waals surface area contributed by atoms with Crippen molar-refractivity contribution >= 4 is 33.4 Å². The van der Waals surface area contributed by atoms with Gasteiger partial charge in [0.2, 0.25) is 0 Å². The fourth-order valence-corrected chi connectivity index (χ4v) is 3.21. The van der Waals surface area contributed by atoms with Gasteiger partial charge >= 0.3 is 0 Å². The van der Waals surface area contributed by atoms with E-state index in [1.54, 1.807) is 16.8 Å². The topological polar surface area (TPSA) is 47.3 Å². The zero-order valence-corrected chi connectivity index (χ0v) is 11.2. The van der Waals surface area contributed by atoms with Crippen molar-refractivity contribution in [2.75, 3.05) is 0 Å². The maximum Gasteiger partial charge on any atom is 0.274 e. The smallest absolute Gasteiger partial charge is 0.267 e. The molecule has 0 aliphatic heterocycles. The van der Waals surface area contributed by atoms with Gasteiger partial charge in [0.15, 0.2) is 4.96 Å². The lowest BCUT2D eigenvalue weighted by molar-refractivity contribution is 1.19. The Bertz CT molecular complexity index is 1020. The number of fused-ring (bicyclic) bond motifs is 3. The number of imidazole rings is 1. The minimum absolute atomic E-state index is 0.0180. The third-order valence-corrected chi connectivity index (χ3v) is 4.12. The van der Waals surface area contributed by atoms with E-state index in [1.807, 2.05) is 42.5 Å². The number of hydrogen-bond donors (Lipinski definition) is 0. The number of pyridine rings is 1. The molecule has 0 aliphatic rings. The van der Waals surface area contributed by atoms with Crippen LogP contribution in [0.3, 0.4) is 0 Å². The van der Waals surface area contributed by atoms with E-state index in [9.17, 15) is 4.79 Å². The van der Waals surface area contributed by atoms with Crippen LogP contribution in [0.1, 0.15) is 5.56 Å². The van der Waals surface area contributed by atoms with E-state index in [0.717, 1.165) is 21.6 Å². The lowest BCUT2D eigenvalue weighted by Crippen LogP contribution is -2.22. The van der Waals surface area contributed by atoms with Crippen molar-refractivity contribution < 1.29 is 0 Å². The summed E-state index contributed by atoms with van der Waals surface area (Å²) in [6, 6.07) is 11.4. The fourth-order valence-electron chi connectivity index (χ4n) is 2.22. The van der Waals surface area contributed by atoms with Crippen molar-refractivity contribution in [3.63, 3.8) is 0 Å². The van der Waals surface area contributed by atoms with Crippen molar-refractivity contribution in [1.29, 1.82) is 0 Å². The van der Waals surface area contributed by atoms with Gasteiger partial charge in [0.1, 0.15) is 0 Å². The van der Waals surface area contributed by atoms with Gasteiger partial charge in [-0.3, -0.25) is 9.78 Å². The average Bonchev–Trinajstić information content (AvgIpc) is 2.98. The van der Waals surface area contributed by atoms with E-state index in [2.05, 4.69) is 9.97 Å². The van der Waals surface area contributed by atoms with Crippen molar-refractivity contribution in [2.45, 2.75) is 0 Å². The SMILES string of the molecule is O=c1/c(=C/c2ccncc2)sc2nc3ccccc3n12. The third-order valence-electron chi connectivity index (χ3n) is 3.15. The first kappa shape index (κ1) is 11.3. The summed E-state index contributed by atoms with van der Waals surface area (Å²) >= 11 is 1.41. The van der Waals surface area contributed by atoms with Crippen molar-refractivity contribution in [3.05, 3.63) is 69.2 Å². The molecule has 0 saturated carbocycles. The fraction of sp³-hybridized carbons (Fsp3) is 0. The molecule has 3 aromatic heterocycles. The van der Waals surface area contributed by atoms with Crippen molar-refractivity contribution in [2.24, 2.45) is 0 Å². The second-order valence-corrected chi connectivity index (χ2v) is 5.42. The zero-order valence-electron chi connectivity index (χ0n) is 10.4. The van der Waals surface area contributed by atoms with Crippen LogP contribution in [0, 0.1) is 0 Å². The summed E-state index contributed by atoms with van der Waals surface area (Å²) in [4.78, 5) is 21.7. The molecule has 0 saturated heterocycles. The van der Waals surface area contributed by atoms with E-state index in [-0.39, 0.29) is 5.56 Å². The number of rotatable bonds is 1. The minimum Gasteiger partial charge on any atom is -0.267 e. The highest BCUT2D eigenvalue weighted by Gasteiger charge is 2.10. The summed E-state index contributed by atoms with van der Waals surface area (Å²) in [5, 5.41) is 0. The molecule has 0 N–H and O–H groups in total. The van der Waals surface area contributed by atoms with Gasteiger partial charge in [-0.05, 0) is 35.9 Å². The molecular weight excluding hydrogens is 270 g/mol. The van der Waals surface area contributed by atoms with Crippen LogP contribution < -0.4 is 10.1 Å². The van der Waals surface area contributed by atoms with Gasteiger partial charge in [-0.2, -0.15) is 0 Å². The number of aromatic nitrogens is 3. The van der Waals surface area contributed by atoms with Crippen molar-refractivity contribution in [1.82, 2.24) is 14.4 Å². The molecular formula is C15H9N3OS. The summed E-state index contributed by atoms with van der Waals surface area (Å²) in [5.74, 6) is 0. The van der Waals surface area contributed by atoms with Crippen LogP contribution >= 0.6 is 11.3 Å². The van der Waals surface area contributed by atoms with Crippen LogP contribution in [0.4, 0.5) is 0 Å². The molecule has 0 fully saturated rings. The number of benzene rings is 1. The summed E-state index contributed by atoms with van der Waals surface area (Å²) in [6.07, 6.45) is 5.30. The average molecular weight is 279 g/mol. The second kappa shape index (κ2) is 4.25. The van der Waals surface area contributed by atoms with Crippen LogP contribution in [-0.2, 0) is 0 Å². The normalized spacial score (nSPS) is 12.5. The predicted molar refractivity (Wildman–Crippen MR) is 79.9 cm³/mol. The van der Waals surface area contributed by atoms with Gasteiger partial charge in [0.05, 0.1) is 15.6 Å². The van der Waals surface area contributed by atoms with E-state index < -0.39 is 0 Å². The lowest BCUT2D eigenvalue weighted by atomic mass is 10.2. The number of nitrogens with zero attached hydrogens (tertiary/aromatic N) is 3. The molecule has 1 aromatic carbocycles. The Morgan fingerprint density at radius 1 is 1.10 bits per heavy atom. The molecule has 0 unspecified atom stereocenters. The van der Waals surface area contributed by atoms with Crippen LogP contribution in [0.2, 0.25) is 0 Å². The predicted octanol–water partition coefficient (Wildman–Crippen LogP) is 1.85. The molecule has 4 nitrogen and oxygen atoms in total.